The van der Waals surface area contributed by atoms with Crippen molar-refractivity contribution in [1.29, 1.82) is 0 Å². The van der Waals surface area contributed by atoms with E-state index in [2.05, 4.69) is 20.5 Å². The first-order valence-corrected chi connectivity index (χ1v) is 5.72. The maximum atomic E-state index is 12.8. The fourth-order valence-corrected chi connectivity index (χ4v) is 1.63. The summed E-state index contributed by atoms with van der Waals surface area (Å²) < 4.78 is 12.8. The predicted octanol–water partition coefficient (Wildman–Crippen LogP) is 1.86. The quantitative estimate of drug-likeness (QED) is 0.846. The van der Waals surface area contributed by atoms with Crippen molar-refractivity contribution in [2.24, 2.45) is 0 Å². The lowest BCUT2D eigenvalue weighted by molar-refractivity contribution is 0.628. The highest BCUT2D eigenvalue weighted by Gasteiger charge is 2.20. The number of nitrogens with zero attached hydrogens (tertiary/aromatic N) is 2. The van der Waals surface area contributed by atoms with Crippen LogP contribution in [0.2, 0.25) is 0 Å². The fraction of sp³-hybridized carbons (Fsp3) is 0.333. The fourth-order valence-electron chi connectivity index (χ4n) is 1.63. The lowest BCUT2D eigenvalue weighted by Gasteiger charge is -1.96. The molecule has 17 heavy (non-hydrogen) atoms. The number of rotatable bonds is 4. The molecule has 0 amide bonds. The van der Waals surface area contributed by atoms with Crippen LogP contribution in [0.3, 0.4) is 0 Å². The number of nitrogens with one attached hydrogen (secondary N) is 2. The number of hydrogen-bond donors (Lipinski definition) is 2. The number of benzene rings is 1. The van der Waals surface area contributed by atoms with E-state index in [9.17, 15) is 4.39 Å². The van der Waals surface area contributed by atoms with Crippen LogP contribution in [0.4, 0.5) is 4.39 Å². The molecular weight excluding hydrogens is 219 g/mol. The van der Waals surface area contributed by atoms with Gasteiger partial charge in [-0.2, -0.15) is 5.10 Å². The number of halogens is 1. The molecule has 5 heteroatoms. The Bertz CT molecular complexity index is 501. The van der Waals surface area contributed by atoms with E-state index >= 15 is 0 Å². The Morgan fingerprint density at radius 1 is 1.29 bits per heavy atom. The molecule has 1 aromatic carbocycles. The smallest absolute Gasteiger partial charge is 0.181 e. The van der Waals surface area contributed by atoms with Crippen molar-refractivity contribution in [2.75, 3.05) is 0 Å². The van der Waals surface area contributed by atoms with Crippen molar-refractivity contribution in [3.8, 4) is 11.4 Å². The van der Waals surface area contributed by atoms with Gasteiger partial charge in [0.1, 0.15) is 11.6 Å². The zero-order chi connectivity index (χ0) is 11.7. The van der Waals surface area contributed by atoms with Crippen LogP contribution in [-0.2, 0) is 6.54 Å². The van der Waals surface area contributed by atoms with Gasteiger partial charge in [-0.05, 0) is 37.1 Å². The van der Waals surface area contributed by atoms with Crippen LogP contribution in [0.5, 0.6) is 0 Å². The van der Waals surface area contributed by atoms with Gasteiger partial charge in [0.2, 0.25) is 0 Å². The first-order chi connectivity index (χ1) is 8.31. The predicted molar refractivity (Wildman–Crippen MR) is 61.6 cm³/mol. The minimum atomic E-state index is -0.250. The topological polar surface area (TPSA) is 53.6 Å². The number of H-pyrrole nitrogens is 1. The maximum absolute atomic E-state index is 12.8. The third-order valence-electron chi connectivity index (χ3n) is 2.77. The van der Waals surface area contributed by atoms with Crippen LogP contribution < -0.4 is 5.32 Å². The summed E-state index contributed by atoms with van der Waals surface area (Å²) >= 11 is 0. The molecule has 0 atom stereocenters. The molecule has 88 valence electrons. The van der Waals surface area contributed by atoms with Crippen LogP contribution >= 0.6 is 0 Å². The Morgan fingerprint density at radius 3 is 2.76 bits per heavy atom. The Kier molecular flexibility index (Phi) is 2.60. The average Bonchev–Trinajstić information content (AvgIpc) is 3.06. The molecule has 0 unspecified atom stereocenters. The van der Waals surface area contributed by atoms with Crippen molar-refractivity contribution in [3.05, 3.63) is 35.9 Å². The van der Waals surface area contributed by atoms with Crippen LogP contribution in [0.25, 0.3) is 11.4 Å². The van der Waals surface area contributed by atoms with Crippen LogP contribution in [0.15, 0.2) is 24.3 Å². The van der Waals surface area contributed by atoms with Gasteiger partial charge in [-0.3, -0.25) is 5.10 Å². The van der Waals surface area contributed by atoms with Crippen LogP contribution in [-0.4, -0.2) is 21.2 Å². The van der Waals surface area contributed by atoms with E-state index in [0.29, 0.717) is 18.4 Å². The van der Waals surface area contributed by atoms with Gasteiger partial charge in [-0.15, -0.1) is 0 Å². The average molecular weight is 232 g/mol. The monoisotopic (exact) mass is 232 g/mol. The van der Waals surface area contributed by atoms with Gasteiger partial charge in [0.25, 0.3) is 0 Å². The molecule has 4 nitrogen and oxygen atoms in total. The summed E-state index contributed by atoms with van der Waals surface area (Å²) in [5, 5.41) is 10.4. The molecule has 1 aliphatic carbocycles. The van der Waals surface area contributed by atoms with E-state index in [1.807, 2.05) is 0 Å². The Balaban J connectivity index is 1.72. The zero-order valence-electron chi connectivity index (χ0n) is 9.28. The van der Waals surface area contributed by atoms with Gasteiger partial charge < -0.3 is 5.32 Å². The summed E-state index contributed by atoms with van der Waals surface area (Å²) in [6.45, 7) is 0.707. The molecule has 0 aliphatic heterocycles. The van der Waals surface area contributed by atoms with Gasteiger partial charge in [-0.1, -0.05) is 0 Å². The molecule has 1 saturated carbocycles. The lowest BCUT2D eigenvalue weighted by atomic mass is 10.2. The second-order valence-corrected chi connectivity index (χ2v) is 4.27. The summed E-state index contributed by atoms with van der Waals surface area (Å²) in [5.74, 6) is 1.17. The number of aromatic nitrogens is 3. The summed E-state index contributed by atoms with van der Waals surface area (Å²) in [6.07, 6.45) is 2.50. The Labute approximate surface area is 98.3 Å². The van der Waals surface area contributed by atoms with E-state index < -0.39 is 0 Å². The van der Waals surface area contributed by atoms with Gasteiger partial charge in [-0.25, -0.2) is 9.37 Å². The number of hydrogen-bond acceptors (Lipinski definition) is 3. The van der Waals surface area contributed by atoms with Crippen molar-refractivity contribution in [3.63, 3.8) is 0 Å². The van der Waals surface area contributed by atoms with Crippen molar-refractivity contribution in [1.82, 2.24) is 20.5 Å². The van der Waals surface area contributed by atoms with E-state index in [1.165, 1.54) is 25.0 Å². The highest BCUT2D eigenvalue weighted by Crippen LogP contribution is 2.19. The minimum Gasteiger partial charge on any atom is -0.307 e. The van der Waals surface area contributed by atoms with Crippen LogP contribution in [0, 0.1) is 5.82 Å². The second kappa shape index (κ2) is 4.25. The van der Waals surface area contributed by atoms with Crippen molar-refractivity contribution < 1.29 is 4.39 Å². The molecule has 0 radical (unpaired) electrons. The maximum Gasteiger partial charge on any atom is 0.181 e. The molecule has 1 heterocycles. The third-order valence-corrected chi connectivity index (χ3v) is 2.77. The Hall–Kier alpha value is -1.75. The highest BCUT2D eigenvalue weighted by atomic mass is 19.1. The molecule has 3 rings (SSSR count). The van der Waals surface area contributed by atoms with Crippen LogP contribution in [0.1, 0.15) is 18.7 Å². The summed E-state index contributed by atoms with van der Waals surface area (Å²) in [4.78, 5) is 4.36. The Morgan fingerprint density at radius 2 is 2.06 bits per heavy atom. The molecular formula is C12H13FN4. The van der Waals surface area contributed by atoms with Gasteiger partial charge in [0, 0.05) is 11.6 Å². The minimum absolute atomic E-state index is 0.250. The van der Waals surface area contributed by atoms with Gasteiger partial charge >= 0.3 is 0 Å². The van der Waals surface area contributed by atoms with Gasteiger partial charge in [0.05, 0.1) is 6.54 Å². The van der Waals surface area contributed by atoms with E-state index in [1.54, 1.807) is 12.1 Å². The normalized spacial score (nSPS) is 15.1. The molecule has 0 bridgehead atoms. The van der Waals surface area contributed by atoms with E-state index in [4.69, 9.17) is 0 Å². The molecule has 1 fully saturated rings. The number of aromatic amines is 1. The van der Waals surface area contributed by atoms with Crippen molar-refractivity contribution in [2.45, 2.75) is 25.4 Å². The van der Waals surface area contributed by atoms with E-state index in [0.717, 1.165) is 11.4 Å². The van der Waals surface area contributed by atoms with Gasteiger partial charge in [0.15, 0.2) is 5.82 Å². The molecule has 1 aliphatic rings. The largest absolute Gasteiger partial charge is 0.307 e. The zero-order valence-corrected chi connectivity index (χ0v) is 9.28. The summed E-state index contributed by atoms with van der Waals surface area (Å²) in [7, 11) is 0. The van der Waals surface area contributed by atoms with E-state index in [-0.39, 0.29) is 5.82 Å². The summed E-state index contributed by atoms with van der Waals surface area (Å²) in [6, 6.07) is 6.82. The third kappa shape index (κ3) is 2.50. The molecule has 0 saturated heterocycles. The highest BCUT2D eigenvalue weighted by molar-refractivity contribution is 5.53. The standard InChI is InChI=1S/C12H13FN4/c13-9-3-1-8(2-4-9)12-15-11(16-17-12)7-14-10-5-6-10/h1-4,10,14H,5-7H2,(H,15,16,17). The first-order valence-electron chi connectivity index (χ1n) is 5.72. The van der Waals surface area contributed by atoms with Crippen molar-refractivity contribution >= 4 is 0 Å². The second-order valence-electron chi connectivity index (χ2n) is 4.27. The molecule has 1 aromatic heterocycles. The molecule has 0 spiro atoms. The molecule has 2 aromatic rings. The first kappa shape index (κ1) is 10.4. The lowest BCUT2D eigenvalue weighted by Crippen LogP contribution is -2.16. The SMILES string of the molecule is Fc1ccc(-c2n[nH]c(CNC3CC3)n2)cc1. The molecule has 2 N–H and O–H groups in total. The summed E-state index contributed by atoms with van der Waals surface area (Å²) in [5.41, 5.74) is 0.820.